The van der Waals surface area contributed by atoms with Gasteiger partial charge in [-0.15, -0.1) is 11.8 Å². The molecule has 4 nitrogen and oxygen atoms in total. The second kappa shape index (κ2) is 6.23. The molecule has 0 fully saturated rings. The molecular formula is C17H16N2O2S. The third-order valence-corrected chi connectivity index (χ3v) is 4.54. The predicted molar refractivity (Wildman–Crippen MR) is 89.2 cm³/mol. The van der Waals surface area contributed by atoms with Crippen molar-refractivity contribution < 1.29 is 9.59 Å². The highest BCUT2D eigenvalue weighted by molar-refractivity contribution is 8.00. The summed E-state index contributed by atoms with van der Waals surface area (Å²) in [6.45, 7) is 1.94. The second-order valence-corrected chi connectivity index (χ2v) is 6.48. The van der Waals surface area contributed by atoms with Gasteiger partial charge in [-0.2, -0.15) is 0 Å². The van der Waals surface area contributed by atoms with Crippen molar-refractivity contribution in [2.45, 2.75) is 17.1 Å². The maximum absolute atomic E-state index is 12.7. The summed E-state index contributed by atoms with van der Waals surface area (Å²) < 4.78 is 0. The lowest BCUT2D eigenvalue weighted by Gasteiger charge is -2.30. The Kier molecular flexibility index (Phi) is 4.15. The van der Waals surface area contributed by atoms with E-state index in [1.807, 2.05) is 61.5 Å². The van der Waals surface area contributed by atoms with Gasteiger partial charge < -0.3 is 5.32 Å². The van der Waals surface area contributed by atoms with Crippen LogP contribution in [0.25, 0.3) is 0 Å². The number of para-hydroxylation sites is 2. The summed E-state index contributed by atoms with van der Waals surface area (Å²) in [6.07, 6.45) is 0. The molecule has 2 amide bonds. The number of anilines is 2. The maximum atomic E-state index is 12.7. The van der Waals surface area contributed by atoms with Crippen molar-refractivity contribution in [3.63, 3.8) is 0 Å². The van der Waals surface area contributed by atoms with E-state index >= 15 is 0 Å². The molecule has 2 aromatic carbocycles. The van der Waals surface area contributed by atoms with Crippen molar-refractivity contribution in [3.8, 4) is 0 Å². The quantitative estimate of drug-likeness (QED) is 0.886. The number of carbonyl (C=O) groups excluding carboxylic acids is 2. The summed E-state index contributed by atoms with van der Waals surface area (Å²) >= 11 is 1.50. The molecule has 1 unspecified atom stereocenters. The minimum atomic E-state index is -0.263. The number of fused-ring (bicyclic) bond motifs is 1. The Hall–Kier alpha value is -2.27. The largest absolute Gasteiger partial charge is 0.323 e. The number of nitrogens with one attached hydrogen (secondary N) is 1. The lowest BCUT2D eigenvalue weighted by molar-refractivity contribution is -0.121. The molecule has 2 aromatic rings. The summed E-state index contributed by atoms with van der Waals surface area (Å²) in [5.41, 5.74) is 1.44. The van der Waals surface area contributed by atoms with Crippen LogP contribution in [-0.2, 0) is 9.59 Å². The van der Waals surface area contributed by atoms with Crippen LogP contribution in [-0.4, -0.2) is 23.6 Å². The molecule has 3 rings (SSSR count). The molecule has 1 N–H and O–H groups in total. The molecule has 0 saturated heterocycles. The molecule has 0 aromatic heterocycles. The number of rotatable bonds is 3. The van der Waals surface area contributed by atoms with Crippen molar-refractivity contribution in [1.82, 2.24) is 0 Å². The molecule has 22 heavy (non-hydrogen) atoms. The van der Waals surface area contributed by atoms with Crippen LogP contribution in [0.4, 0.5) is 11.4 Å². The van der Waals surface area contributed by atoms with Gasteiger partial charge >= 0.3 is 0 Å². The summed E-state index contributed by atoms with van der Waals surface area (Å²) in [6, 6.07) is 17.2. The molecule has 0 spiro atoms. The highest BCUT2D eigenvalue weighted by atomic mass is 32.2. The standard InChI is InChI=1S/C17H16N2O2S/c1-12(22-13-7-3-2-4-8-13)17(21)19-11-16(20)18-14-9-5-6-10-15(14)19/h2-10,12H,11H2,1H3,(H,18,20). The van der Waals surface area contributed by atoms with Crippen LogP contribution < -0.4 is 10.2 Å². The number of thioether (sulfide) groups is 1. The zero-order chi connectivity index (χ0) is 15.5. The molecule has 1 aliphatic heterocycles. The molecule has 0 saturated carbocycles. The number of hydrogen-bond acceptors (Lipinski definition) is 3. The third kappa shape index (κ3) is 2.99. The Morgan fingerprint density at radius 1 is 1.14 bits per heavy atom. The molecule has 0 bridgehead atoms. The van der Waals surface area contributed by atoms with Crippen LogP contribution in [0, 0.1) is 0 Å². The van der Waals surface area contributed by atoms with Crippen LogP contribution in [0.15, 0.2) is 59.5 Å². The number of amides is 2. The monoisotopic (exact) mass is 312 g/mol. The topological polar surface area (TPSA) is 49.4 Å². The molecule has 1 heterocycles. The average molecular weight is 312 g/mol. The second-order valence-electron chi connectivity index (χ2n) is 5.06. The first-order valence-electron chi connectivity index (χ1n) is 7.07. The summed E-state index contributed by atoms with van der Waals surface area (Å²) in [4.78, 5) is 27.1. The van der Waals surface area contributed by atoms with Gasteiger partial charge in [-0.1, -0.05) is 30.3 Å². The first-order chi connectivity index (χ1) is 10.6. The summed E-state index contributed by atoms with van der Waals surface area (Å²) in [7, 11) is 0. The fourth-order valence-electron chi connectivity index (χ4n) is 2.40. The van der Waals surface area contributed by atoms with Gasteiger partial charge in [-0.3, -0.25) is 14.5 Å². The van der Waals surface area contributed by atoms with Gasteiger partial charge in [-0.25, -0.2) is 0 Å². The van der Waals surface area contributed by atoms with Gasteiger partial charge in [0, 0.05) is 4.90 Å². The Morgan fingerprint density at radius 3 is 2.59 bits per heavy atom. The zero-order valence-corrected chi connectivity index (χ0v) is 13.0. The van der Waals surface area contributed by atoms with Crippen LogP contribution in [0.5, 0.6) is 0 Å². The van der Waals surface area contributed by atoms with Crippen LogP contribution in [0.3, 0.4) is 0 Å². The van der Waals surface area contributed by atoms with Gasteiger partial charge in [0.25, 0.3) is 0 Å². The molecule has 0 radical (unpaired) electrons. The molecule has 0 aliphatic carbocycles. The first-order valence-corrected chi connectivity index (χ1v) is 7.95. The molecular weight excluding hydrogens is 296 g/mol. The molecule has 1 atom stereocenters. The SMILES string of the molecule is CC(Sc1ccccc1)C(=O)N1CC(=O)Nc2ccccc21. The van der Waals surface area contributed by atoms with Crippen molar-refractivity contribution in [3.05, 3.63) is 54.6 Å². The highest BCUT2D eigenvalue weighted by Crippen LogP contribution is 2.32. The van der Waals surface area contributed by atoms with Gasteiger partial charge in [-0.05, 0) is 31.2 Å². The van der Waals surface area contributed by atoms with E-state index in [0.29, 0.717) is 5.69 Å². The third-order valence-electron chi connectivity index (χ3n) is 3.44. The van der Waals surface area contributed by atoms with E-state index in [1.54, 1.807) is 4.90 Å². The average Bonchev–Trinajstić information content (AvgIpc) is 2.54. The van der Waals surface area contributed by atoms with Crippen LogP contribution in [0.1, 0.15) is 6.92 Å². The van der Waals surface area contributed by atoms with Gasteiger partial charge in [0.15, 0.2) is 0 Å². The first kappa shape index (κ1) is 14.7. The lowest BCUT2D eigenvalue weighted by Crippen LogP contribution is -2.45. The highest BCUT2D eigenvalue weighted by Gasteiger charge is 2.29. The van der Waals surface area contributed by atoms with E-state index in [4.69, 9.17) is 0 Å². The molecule has 5 heteroatoms. The Morgan fingerprint density at radius 2 is 1.82 bits per heavy atom. The zero-order valence-electron chi connectivity index (χ0n) is 12.2. The van der Waals surface area contributed by atoms with Crippen molar-refractivity contribution >= 4 is 35.0 Å². The van der Waals surface area contributed by atoms with E-state index in [0.717, 1.165) is 10.6 Å². The lowest BCUT2D eigenvalue weighted by atomic mass is 10.2. The number of nitrogens with zero attached hydrogens (tertiary/aromatic N) is 1. The van der Waals surface area contributed by atoms with Crippen molar-refractivity contribution in [2.75, 3.05) is 16.8 Å². The normalized spacial score (nSPS) is 15.0. The van der Waals surface area contributed by atoms with Crippen molar-refractivity contribution in [2.24, 2.45) is 0 Å². The van der Waals surface area contributed by atoms with E-state index in [2.05, 4.69) is 5.32 Å². The minimum Gasteiger partial charge on any atom is -0.323 e. The Balaban J connectivity index is 1.81. The maximum Gasteiger partial charge on any atom is 0.244 e. The van der Waals surface area contributed by atoms with Gasteiger partial charge in [0.1, 0.15) is 6.54 Å². The van der Waals surface area contributed by atoms with E-state index in [-0.39, 0.29) is 23.6 Å². The molecule has 112 valence electrons. The Labute approximate surface area is 133 Å². The van der Waals surface area contributed by atoms with Gasteiger partial charge in [0.05, 0.1) is 16.6 Å². The predicted octanol–water partition coefficient (Wildman–Crippen LogP) is 3.15. The number of carbonyl (C=O) groups is 2. The number of hydrogen-bond donors (Lipinski definition) is 1. The van der Waals surface area contributed by atoms with E-state index in [1.165, 1.54) is 11.8 Å². The molecule has 1 aliphatic rings. The minimum absolute atomic E-state index is 0.0591. The van der Waals surface area contributed by atoms with Gasteiger partial charge in [0.2, 0.25) is 11.8 Å². The van der Waals surface area contributed by atoms with Crippen LogP contribution >= 0.6 is 11.8 Å². The van der Waals surface area contributed by atoms with E-state index < -0.39 is 0 Å². The summed E-state index contributed by atoms with van der Waals surface area (Å²) in [5, 5.41) is 2.53. The fraction of sp³-hybridized carbons (Fsp3) is 0.176. The fourth-order valence-corrected chi connectivity index (χ4v) is 3.35. The van der Waals surface area contributed by atoms with E-state index in [9.17, 15) is 9.59 Å². The smallest absolute Gasteiger partial charge is 0.244 e. The van der Waals surface area contributed by atoms with Crippen LogP contribution in [0.2, 0.25) is 0 Å². The van der Waals surface area contributed by atoms with Crippen molar-refractivity contribution in [1.29, 1.82) is 0 Å². The number of benzene rings is 2. The summed E-state index contributed by atoms with van der Waals surface area (Å²) in [5.74, 6) is -0.222. The Bertz CT molecular complexity index is 703.